The highest BCUT2D eigenvalue weighted by Gasteiger charge is 2.31. The molecule has 4 amide bonds. The van der Waals surface area contributed by atoms with Crippen LogP contribution in [0.4, 0.5) is 0 Å². The molecule has 1 aromatic carbocycles. The summed E-state index contributed by atoms with van der Waals surface area (Å²) in [4.78, 5) is 59.6. The van der Waals surface area contributed by atoms with Crippen LogP contribution in [0.15, 0.2) is 34.3 Å². The quantitative estimate of drug-likeness (QED) is 0.0825. The lowest BCUT2D eigenvalue weighted by molar-refractivity contribution is -0.135. The van der Waals surface area contributed by atoms with Gasteiger partial charge in [0.05, 0.1) is 6.54 Å². The zero-order valence-corrected chi connectivity index (χ0v) is 21.0. The molecule has 0 spiro atoms. The van der Waals surface area contributed by atoms with Crippen molar-refractivity contribution >= 4 is 35.5 Å². The molecule has 0 radical (unpaired) electrons. The van der Waals surface area contributed by atoms with Gasteiger partial charge in [-0.3, -0.25) is 29.2 Å². The van der Waals surface area contributed by atoms with Gasteiger partial charge < -0.3 is 49.3 Å². The number of nitrogens with zero attached hydrogens (tertiary/aromatic N) is 2. The molecule has 0 bridgehead atoms. The number of carbonyl (C=O) groups excluding carboxylic acids is 4. The minimum atomic E-state index is -1.09. The third kappa shape index (κ3) is 10.6. The molecule has 1 heterocycles. The Bertz CT molecular complexity index is 1010. The number of aromatic hydroxyl groups is 1. The van der Waals surface area contributed by atoms with E-state index in [4.69, 9.17) is 22.9 Å². The van der Waals surface area contributed by atoms with Gasteiger partial charge in [-0.15, -0.1) is 0 Å². The molecule has 1 aliphatic rings. The molecule has 15 nitrogen and oxygen atoms in total. The third-order valence-corrected chi connectivity index (χ3v) is 5.61. The molecular formula is C23H36N10O5. The summed E-state index contributed by atoms with van der Waals surface area (Å²) in [7, 11) is 0. The summed E-state index contributed by atoms with van der Waals surface area (Å²) in [5, 5.41) is 20.0. The Morgan fingerprint density at radius 1 is 0.763 bits per heavy atom. The maximum Gasteiger partial charge on any atom is 0.243 e. The molecule has 13 N–H and O–H groups in total. The van der Waals surface area contributed by atoms with Gasteiger partial charge in [-0.05, 0) is 43.4 Å². The van der Waals surface area contributed by atoms with E-state index in [2.05, 4.69) is 31.3 Å². The number of phenolic OH excluding ortho intramolecular Hbond substituents is 1. The highest BCUT2D eigenvalue weighted by atomic mass is 16.3. The number of guanidine groups is 2. The van der Waals surface area contributed by atoms with Gasteiger partial charge in [0.15, 0.2) is 11.9 Å². The number of nitrogens with one attached hydrogen (secondary N) is 4. The van der Waals surface area contributed by atoms with Crippen molar-refractivity contribution in [2.75, 3.05) is 19.6 Å². The minimum absolute atomic E-state index is 0.0435. The summed E-state index contributed by atoms with van der Waals surface area (Å²) in [6, 6.07) is 3.04. The smallest absolute Gasteiger partial charge is 0.243 e. The van der Waals surface area contributed by atoms with Crippen LogP contribution >= 0.6 is 0 Å². The number of amides is 4. The van der Waals surface area contributed by atoms with Gasteiger partial charge in [0.2, 0.25) is 23.6 Å². The van der Waals surface area contributed by atoms with Crippen molar-refractivity contribution in [1.29, 1.82) is 0 Å². The van der Waals surface area contributed by atoms with E-state index in [1.54, 1.807) is 12.1 Å². The number of rotatable bonds is 10. The van der Waals surface area contributed by atoms with E-state index < -0.39 is 48.3 Å². The van der Waals surface area contributed by atoms with E-state index in [9.17, 15) is 24.3 Å². The second kappa shape index (κ2) is 14.9. The number of benzene rings is 1. The van der Waals surface area contributed by atoms with Crippen LogP contribution in [0.5, 0.6) is 5.75 Å². The summed E-state index contributed by atoms with van der Waals surface area (Å²) in [6.45, 7) is 0.0725. The monoisotopic (exact) mass is 532 g/mol. The summed E-state index contributed by atoms with van der Waals surface area (Å²) in [5.41, 5.74) is 22.0. The van der Waals surface area contributed by atoms with E-state index in [0.29, 0.717) is 18.4 Å². The van der Waals surface area contributed by atoms with Gasteiger partial charge >= 0.3 is 0 Å². The highest BCUT2D eigenvalue weighted by Crippen LogP contribution is 2.12. The topological polar surface area (TPSA) is 265 Å². The first-order chi connectivity index (χ1) is 18.0. The Morgan fingerprint density at radius 2 is 1.26 bits per heavy atom. The molecule has 3 atom stereocenters. The van der Waals surface area contributed by atoms with Crippen LogP contribution in [0.25, 0.3) is 0 Å². The molecule has 0 aliphatic carbocycles. The van der Waals surface area contributed by atoms with Crippen LogP contribution in [-0.2, 0) is 25.6 Å². The van der Waals surface area contributed by atoms with Crippen molar-refractivity contribution in [2.24, 2.45) is 32.9 Å². The van der Waals surface area contributed by atoms with Gasteiger partial charge in [-0.25, -0.2) is 0 Å². The molecule has 1 saturated heterocycles. The summed E-state index contributed by atoms with van der Waals surface area (Å²) >= 11 is 0. The maximum absolute atomic E-state index is 13.3. The lowest BCUT2D eigenvalue weighted by Crippen LogP contribution is -2.59. The van der Waals surface area contributed by atoms with Crippen LogP contribution in [0, 0.1) is 0 Å². The molecule has 1 aromatic rings. The molecule has 2 rings (SSSR count). The SMILES string of the molecule is NC(N)=NCCC[C@@H]1NC(=O)CNC(=O)[C@H](CCCN=C(N)N)NC(=O)[C@H](Cc2ccc(O)cc2)NC1=O. The van der Waals surface area contributed by atoms with Crippen molar-refractivity contribution in [3.63, 3.8) is 0 Å². The van der Waals surface area contributed by atoms with Crippen LogP contribution in [0.1, 0.15) is 31.2 Å². The summed E-state index contributed by atoms with van der Waals surface area (Å²) in [6.07, 6.45) is 1.17. The zero-order valence-electron chi connectivity index (χ0n) is 21.0. The van der Waals surface area contributed by atoms with Gasteiger partial charge in [0.1, 0.15) is 23.9 Å². The fraction of sp³-hybridized carbons (Fsp3) is 0.478. The van der Waals surface area contributed by atoms with Crippen molar-refractivity contribution in [2.45, 2.75) is 50.2 Å². The van der Waals surface area contributed by atoms with Gasteiger partial charge in [0.25, 0.3) is 0 Å². The Morgan fingerprint density at radius 3 is 1.82 bits per heavy atom. The first-order valence-electron chi connectivity index (χ1n) is 12.1. The number of nitrogens with two attached hydrogens (primary N) is 4. The van der Waals surface area contributed by atoms with E-state index in [0.717, 1.165) is 0 Å². The van der Waals surface area contributed by atoms with Gasteiger partial charge in [-0.2, -0.15) is 0 Å². The molecule has 1 fully saturated rings. The molecule has 0 saturated carbocycles. The number of phenols is 1. The zero-order chi connectivity index (χ0) is 28.1. The molecule has 15 heteroatoms. The second-order valence-corrected chi connectivity index (χ2v) is 8.73. The summed E-state index contributed by atoms with van der Waals surface area (Å²) < 4.78 is 0. The average molecular weight is 533 g/mol. The molecule has 208 valence electrons. The van der Waals surface area contributed by atoms with Crippen molar-refractivity contribution in [3.05, 3.63) is 29.8 Å². The standard InChI is InChI=1S/C23H36N10O5/c24-22(25)28-9-1-3-15-19(36)30-12-18(35)31-16(4-2-10-29-23(26)27)20(37)33-17(21(38)32-15)11-13-5-7-14(34)8-6-13/h5-8,15-17,34H,1-4,9-12H2,(H,30,36)(H,31,35)(H,32,38)(H,33,37)(H4,24,25,28)(H4,26,27,29)/t15-,16-,17-/m0/s1. The lowest BCUT2D eigenvalue weighted by Gasteiger charge is -2.27. The Labute approximate surface area is 219 Å². The van der Waals surface area contributed by atoms with Crippen LogP contribution in [-0.4, -0.2) is 78.4 Å². The fourth-order valence-electron chi connectivity index (χ4n) is 3.70. The predicted molar refractivity (Wildman–Crippen MR) is 140 cm³/mol. The summed E-state index contributed by atoms with van der Waals surface area (Å²) in [5.74, 6) is -2.49. The van der Waals surface area contributed by atoms with Gasteiger partial charge in [0, 0.05) is 19.5 Å². The molecule has 1 aliphatic heterocycles. The largest absolute Gasteiger partial charge is 0.508 e. The normalized spacial score (nSPS) is 20.5. The first kappa shape index (κ1) is 29.7. The van der Waals surface area contributed by atoms with Crippen LogP contribution in [0.3, 0.4) is 0 Å². The Hall–Kier alpha value is -4.56. The molecule has 38 heavy (non-hydrogen) atoms. The molecule has 0 unspecified atom stereocenters. The predicted octanol–water partition coefficient (Wildman–Crippen LogP) is -3.37. The van der Waals surface area contributed by atoms with E-state index in [1.807, 2.05) is 0 Å². The van der Waals surface area contributed by atoms with Gasteiger partial charge in [-0.1, -0.05) is 12.1 Å². The highest BCUT2D eigenvalue weighted by molar-refractivity contribution is 5.96. The number of hydrogen-bond donors (Lipinski definition) is 9. The van der Waals surface area contributed by atoms with Crippen LogP contribution in [0.2, 0.25) is 0 Å². The number of carbonyl (C=O) groups is 4. The van der Waals surface area contributed by atoms with Crippen molar-refractivity contribution in [1.82, 2.24) is 21.3 Å². The average Bonchev–Trinajstić information content (AvgIpc) is 2.86. The van der Waals surface area contributed by atoms with E-state index in [1.165, 1.54) is 12.1 Å². The number of aliphatic imine (C=N–C) groups is 2. The molecular weight excluding hydrogens is 496 g/mol. The first-order valence-corrected chi connectivity index (χ1v) is 12.1. The number of hydrogen-bond acceptors (Lipinski definition) is 7. The fourth-order valence-corrected chi connectivity index (χ4v) is 3.70. The Kier molecular flexibility index (Phi) is 11.6. The Balaban J connectivity index is 2.27. The molecule has 0 aromatic heterocycles. The third-order valence-electron chi connectivity index (χ3n) is 5.61. The van der Waals surface area contributed by atoms with Crippen molar-refractivity contribution in [3.8, 4) is 5.75 Å². The van der Waals surface area contributed by atoms with E-state index in [-0.39, 0.29) is 50.0 Å². The lowest BCUT2D eigenvalue weighted by atomic mass is 10.0. The van der Waals surface area contributed by atoms with E-state index >= 15 is 0 Å². The maximum atomic E-state index is 13.3. The van der Waals surface area contributed by atoms with Crippen LogP contribution < -0.4 is 44.2 Å². The second-order valence-electron chi connectivity index (χ2n) is 8.73. The van der Waals surface area contributed by atoms with Crippen molar-refractivity contribution < 1.29 is 24.3 Å². The minimum Gasteiger partial charge on any atom is -0.508 e.